The summed E-state index contributed by atoms with van der Waals surface area (Å²) in [4.78, 5) is 4.18. The van der Waals surface area contributed by atoms with Crippen molar-refractivity contribution in [1.82, 2.24) is 0 Å². The van der Waals surface area contributed by atoms with E-state index in [-0.39, 0.29) is 0 Å². The molecule has 1 nitrogen and oxygen atoms in total. The van der Waals surface area contributed by atoms with Crippen molar-refractivity contribution in [1.29, 1.82) is 0 Å². The Morgan fingerprint density at radius 2 is 1.30 bits per heavy atom. The smallest absolute Gasteiger partial charge is 0.0629 e. The first kappa shape index (κ1) is 17.8. The van der Waals surface area contributed by atoms with Crippen molar-refractivity contribution in [3.63, 3.8) is 0 Å². The summed E-state index contributed by atoms with van der Waals surface area (Å²) in [6.45, 7) is 8.05. The average molecular weight is 267 g/mol. The van der Waals surface area contributed by atoms with Crippen molar-refractivity contribution in [3.8, 4) is 0 Å². The third kappa shape index (κ3) is 9.84. The fourth-order valence-electron chi connectivity index (χ4n) is 1.26. The van der Waals surface area contributed by atoms with Crippen LogP contribution in [0.25, 0.3) is 0 Å². The fourth-order valence-corrected chi connectivity index (χ4v) is 1.26. The van der Waals surface area contributed by atoms with Crippen LogP contribution in [0.1, 0.15) is 26.3 Å². The lowest BCUT2D eigenvalue weighted by molar-refractivity contribution is 1.48. The SMILES string of the molecule is C/C=C/C=Nc1ccccc1.CC.Cc1ccccc1. The van der Waals surface area contributed by atoms with Crippen molar-refractivity contribution in [2.45, 2.75) is 27.7 Å². The predicted molar refractivity (Wildman–Crippen MR) is 91.9 cm³/mol. The number of hydrogen-bond donors (Lipinski definition) is 0. The summed E-state index contributed by atoms with van der Waals surface area (Å²) in [5, 5.41) is 0. The molecule has 106 valence electrons. The second-order valence-corrected chi connectivity index (χ2v) is 3.79. The summed E-state index contributed by atoms with van der Waals surface area (Å²) in [6, 6.07) is 20.1. The van der Waals surface area contributed by atoms with E-state index in [2.05, 4.69) is 24.0 Å². The van der Waals surface area contributed by atoms with Gasteiger partial charge in [0.25, 0.3) is 0 Å². The van der Waals surface area contributed by atoms with Crippen LogP contribution in [0.4, 0.5) is 5.69 Å². The van der Waals surface area contributed by atoms with Crippen LogP contribution in [0.2, 0.25) is 0 Å². The normalized spacial score (nSPS) is 9.60. The van der Waals surface area contributed by atoms with Crippen LogP contribution in [-0.2, 0) is 0 Å². The molecule has 0 unspecified atom stereocenters. The van der Waals surface area contributed by atoms with Gasteiger partial charge < -0.3 is 0 Å². The number of allylic oxidation sites excluding steroid dienone is 2. The first-order valence-corrected chi connectivity index (χ1v) is 7.05. The molecule has 0 atom stereocenters. The summed E-state index contributed by atoms with van der Waals surface area (Å²) in [7, 11) is 0. The summed E-state index contributed by atoms with van der Waals surface area (Å²) in [5.41, 5.74) is 2.31. The summed E-state index contributed by atoms with van der Waals surface area (Å²) in [6.07, 6.45) is 5.65. The van der Waals surface area contributed by atoms with Crippen molar-refractivity contribution in [2.75, 3.05) is 0 Å². The molecule has 2 aromatic rings. The number of aryl methyl sites for hydroxylation is 1. The molecule has 20 heavy (non-hydrogen) atoms. The first-order valence-electron chi connectivity index (χ1n) is 7.05. The third-order valence-electron chi connectivity index (χ3n) is 2.20. The lowest BCUT2D eigenvalue weighted by Crippen LogP contribution is -1.64. The van der Waals surface area contributed by atoms with E-state index in [4.69, 9.17) is 0 Å². The zero-order valence-electron chi connectivity index (χ0n) is 13.0. The van der Waals surface area contributed by atoms with Crippen LogP contribution >= 0.6 is 0 Å². The zero-order chi connectivity index (χ0) is 15.1. The monoisotopic (exact) mass is 267 g/mol. The number of nitrogens with zero attached hydrogens (tertiary/aromatic N) is 1. The van der Waals surface area contributed by atoms with E-state index >= 15 is 0 Å². The Morgan fingerprint density at radius 3 is 1.70 bits per heavy atom. The van der Waals surface area contributed by atoms with Gasteiger partial charge in [0.15, 0.2) is 0 Å². The highest BCUT2D eigenvalue weighted by atomic mass is 14.7. The van der Waals surface area contributed by atoms with Crippen molar-refractivity contribution in [2.24, 2.45) is 4.99 Å². The molecular weight excluding hydrogens is 242 g/mol. The van der Waals surface area contributed by atoms with Gasteiger partial charge in [-0.05, 0) is 32.1 Å². The molecule has 0 aliphatic rings. The Morgan fingerprint density at radius 1 is 0.800 bits per heavy atom. The van der Waals surface area contributed by atoms with Crippen molar-refractivity contribution >= 4 is 11.9 Å². The minimum atomic E-state index is 0.991. The van der Waals surface area contributed by atoms with Crippen LogP contribution in [0.3, 0.4) is 0 Å². The first-order chi connectivity index (χ1) is 9.83. The number of aliphatic imine (C=N–C) groups is 1. The van der Waals surface area contributed by atoms with Gasteiger partial charge in [-0.2, -0.15) is 0 Å². The molecule has 0 aromatic heterocycles. The number of hydrogen-bond acceptors (Lipinski definition) is 1. The van der Waals surface area contributed by atoms with Gasteiger partial charge in [0, 0.05) is 6.21 Å². The van der Waals surface area contributed by atoms with Crippen molar-refractivity contribution in [3.05, 3.63) is 78.4 Å². The van der Waals surface area contributed by atoms with E-state index in [1.807, 2.05) is 81.5 Å². The molecule has 0 radical (unpaired) electrons. The zero-order valence-corrected chi connectivity index (χ0v) is 13.0. The summed E-state index contributed by atoms with van der Waals surface area (Å²) >= 11 is 0. The van der Waals surface area contributed by atoms with Crippen LogP contribution < -0.4 is 0 Å². The van der Waals surface area contributed by atoms with E-state index in [1.54, 1.807) is 6.21 Å². The molecule has 1 heteroatoms. The highest BCUT2D eigenvalue weighted by Crippen LogP contribution is 2.07. The summed E-state index contributed by atoms with van der Waals surface area (Å²) in [5.74, 6) is 0. The molecule has 0 bridgehead atoms. The van der Waals surface area contributed by atoms with Gasteiger partial charge in [-0.15, -0.1) is 0 Å². The van der Waals surface area contributed by atoms with Gasteiger partial charge in [0.2, 0.25) is 0 Å². The summed E-state index contributed by atoms with van der Waals surface area (Å²) < 4.78 is 0. The van der Waals surface area contributed by atoms with E-state index in [9.17, 15) is 0 Å². The van der Waals surface area contributed by atoms with Gasteiger partial charge in [0.05, 0.1) is 5.69 Å². The van der Waals surface area contributed by atoms with E-state index in [1.165, 1.54) is 5.56 Å². The Kier molecular flexibility index (Phi) is 11.9. The Balaban J connectivity index is 0.000000345. The van der Waals surface area contributed by atoms with Gasteiger partial charge in [-0.3, -0.25) is 4.99 Å². The highest BCUT2D eigenvalue weighted by molar-refractivity contribution is 5.74. The largest absolute Gasteiger partial charge is 0.257 e. The molecule has 2 aromatic carbocycles. The second-order valence-electron chi connectivity index (χ2n) is 3.79. The molecular formula is C19H25N. The lowest BCUT2D eigenvalue weighted by Gasteiger charge is -1.87. The van der Waals surface area contributed by atoms with E-state index in [0.29, 0.717) is 0 Å². The maximum absolute atomic E-state index is 4.18. The molecule has 0 spiro atoms. The van der Waals surface area contributed by atoms with Gasteiger partial charge in [-0.1, -0.05) is 74.0 Å². The Labute approximate surface area is 123 Å². The standard InChI is InChI=1S/C10H11N.C7H8.C2H6/c1-2-3-9-11-10-7-5-4-6-8-10;1-7-5-3-2-4-6-7;1-2/h2-9H,1H3;2-6H,1H3;1-2H3/b3-2+,11-9?;;. The van der Waals surface area contributed by atoms with Gasteiger partial charge in [-0.25, -0.2) is 0 Å². The minimum Gasteiger partial charge on any atom is -0.257 e. The van der Waals surface area contributed by atoms with Crippen LogP contribution in [0.15, 0.2) is 77.8 Å². The van der Waals surface area contributed by atoms with Crippen molar-refractivity contribution < 1.29 is 0 Å². The third-order valence-corrected chi connectivity index (χ3v) is 2.20. The topological polar surface area (TPSA) is 12.4 Å². The average Bonchev–Trinajstić information content (AvgIpc) is 2.52. The molecule has 0 N–H and O–H groups in total. The Hall–Kier alpha value is -2.15. The van der Waals surface area contributed by atoms with Crippen LogP contribution in [0.5, 0.6) is 0 Å². The maximum Gasteiger partial charge on any atom is 0.0629 e. The molecule has 0 saturated heterocycles. The quantitative estimate of drug-likeness (QED) is 0.593. The van der Waals surface area contributed by atoms with Crippen LogP contribution in [0, 0.1) is 6.92 Å². The second kappa shape index (κ2) is 13.3. The number of rotatable bonds is 2. The molecule has 0 amide bonds. The van der Waals surface area contributed by atoms with Crippen LogP contribution in [-0.4, -0.2) is 6.21 Å². The fraction of sp³-hybridized carbons (Fsp3) is 0.211. The molecule has 0 heterocycles. The molecule has 0 fully saturated rings. The number of benzene rings is 2. The highest BCUT2D eigenvalue weighted by Gasteiger charge is 1.79. The molecule has 0 saturated carbocycles. The molecule has 2 rings (SSSR count). The molecule has 0 aliphatic heterocycles. The maximum atomic E-state index is 4.18. The predicted octanol–water partition coefficient (Wildman–Crippen LogP) is 5.99. The lowest BCUT2D eigenvalue weighted by atomic mass is 10.2. The van der Waals surface area contributed by atoms with E-state index in [0.717, 1.165) is 5.69 Å². The minimum absolute atomic E-state index is 0.991. The van der Waals surface area contributed by atoms with Gasteiger partial charge in [0.1, 0.15) is 0 Å². The van der Waals surface area contributed by atoms with Gasteiger partial charge >= 0.3 is 0 Å². The van der Waals surface area contributed by atoms with E-state index < -0.39 is 0 Å². The Bertz CT molecular complexity index is 470. The molecule has 0 aliphatic carbocycles. The number of para-hydroxylation sites is 1.